The maximum atomic E-state index is 6.22. The fourth-order valence-electron chi connectivity index (χ4n) is 2.41. The highest BCUT2D eigenvalue weighted by molar-refractivity contribution is 6.32. The van der Waals surface area contributed by atoms with Crippen LogP contribution < -0.4 is 10.5 Å². The van der Waals surface area contributed by atoms with Gasteiger partial charge in [0.05, 0.1) is 11.6 Å². The fourth-order valence-corrected chi connectivity index (χ4v) is 2.66. The lowest BCUT2D eigenvalue weighted by molar-refractivity contribution is -0.0465. The minimum absolute atomic E-state index is 0.102. The van der Waals surface area contributed by atoms with Crippen LogP contribution in [0.5, 0.6) is 5.75 Å². The quantitative estimate of drug-likeness (QED) is 0.872. The van der Waals surface area contributed by atoms with Gasteiger partial charge in [-0.25, -0.2) is 0 Å². The van der Waals surface area contributed by atoms with Gasteiger partial charge in [-0.3, -0.25) is 4.90 Å². The summed E-state index contributed by atoms with van der Waals surface area (Å²) >= 11 is 6.22. The molecule has 1 aromatic rings. The maximum absolute atomic E-state index is 6.22. The summed E-state index contributed by atoms with van der Waals surface area (Å²) in [4.78, 5) is 2.37. The van der Waals surface area contributed by atoms with E-state index in [-0.39, 0.29) is 6.10 Å². The number of benzene rings is 1. The molecule has 4 nitrogen and oxygen atoms in total. The van der Waals surface area contributed by atoms with E-state index in [2.05, 4.69) is 11.8 Å². The lowest BCUT2D eigenvalue weighted by Gasteiger charge is -2.32. The first-order valence-corrected chi connectivity index (χ1v) is 7.56. The number of hydrogen-bond donors (Lipinski definition) is 1. The standard InChI is InChI=1S/C15H23ClN2O2/c1-2-18-8-9-19-13(10-18)11-20-15-12(6-7-17)4-3-5-14(15)16/h3-5,13H,2,6-11,17H2,1H3. The third-order valence-electron chi connectivity index (χ3n) is 3.55. The molecule has 0 spiro atoms. The van der Waals surface area contributed by atoms with Gasteiger partial charge in [0.15, 0.2) is 0 Å². The van der Waals surface area contributed by atoms with Gasteiger partial charge in [0.2, 0.25) is 0 Å². The van der Waals surface area contributed by atoms with Gasteiger partial charge in [-0.1, -0.05) is 30.7 Å². The third kappa shape index (κ3) is 4.09. The Balaban J connectivity index is 1.96. The highest BCUT2D eigenvalue weighted by Crippen LogP contribution is 2.29. The molecule has 1 atom stereocenters. The number of para-hydroxylation sites is 1. The van der Waals surface area contributed by atoms with E-state index in [4.69, 9.17) is 26.8 Å². The fraction of sp³-hybridized carbons (Fsp3) is 0.600. The van der Waals surface area contributed by atoms with E-state index in [1.165, 1.54) is 0 Å². The number of ether oxygens (including phenoxy) is 2. The van der Waals surface area contributed by atoms with Crippen LogP contribution in [0.4, 0.5) is 0 Å². The van der Waals surface area contributed by atoms with Crippen molar-refractivity contribution in [2.24, 2.45) is 5.73 Å². The zero-order chi connectivity index (χ0) is 14.4. The highest BCUT2D eigenvalue weighted by atomic mass is 35.5. The molecular weight excluding hydrogens is 276 g/mol. The summed E-state index contributed by atoms with van der Waals surface area (Å²) in [5, 5.41) is 0.638. The Hall–Kier alpha value is -0.810. The molecule has 0 amide bonds. The molecule has 2 rings (SSSR count). The molecular formula is C15H23ClN2O2. The third-order valence-corrected chi connectivity index (χ3v) is 3.84. The molecule has 0 bridgehead atoms. The first-order valence-electron chi connectivity index (χ1n) is 7.18. The van der Waals surface area contributed by atoms with Crippen molar-refractivity contribution in [2.75, 3.05) is 39.4 Å². The summed E-state index contributed by atoms with van der Waals surface area (Å²) in [7, 11) is 0. The van der Waals surface area contributed by atoms with Crippen molar-refractivity contribution in [1.29, 1.82) is 0 Å². The number of morpholine rings is 1. The SMILES string of the molecule is CCN1CCOC(COc2c(Cl)cccc2CCN)C1. The first kappa shape index (κ1) is 15.6. The number of nitrogens with two attached hydrogens (primary N) is 1. The molecule has 112 valence electrons. The van der Waals surface area contributed by atoms with E-state index in [1.807, 2.05) is 18.2 Å². The van der Waals surface area contributed by atoms with Crippen LogP contribution in [0.15, 0.2) is 18.2 Å². The molecule has 1 heterocycles. The van der Waals surface area contributed by atoms with E-state index < -0.39 is 0 Å². The van der Waals surface area contributed by atoms with Crippen molar-refractivity contribution in [3.8, 4) is 5.75 Å². The Morgan fingerprint density at radius 3 is 3.10 bits per heavy atom. The monoisotopic (exact) mass is 298 g/mol. The molecule has 1 aliphatic rings. The van der Waals surface area contributed by atoms with E-state index >= 15 is 0 Å². The Kier molecular flexibility index (Phi) is 6.10. The topological polar surface area (TPSA) is 47.7 Å². The van der Waals surface area contributed by atoms with Gasteiger partial charge in [-0.2, -0.15) is 0 Å². The molecule has 20 heavy (non-hydrogen) atoms. The smallest absolute Gasteiger partial charge is 0.141 e. The van der Waals surface area contributed by atoms with Crippen LogP contribution in [0.1, 0.15) is 12.5 Å². The largest absolute Gasteiger partial charge is 0.489 e. The minimum atomic E-state index is 0.102. The number of rotatable bonds is 6. The maximum Gasteiger partial charge on any atom is 0.141 e. The van der Waals surface area contributed by atoms with E-state index in [9.17, 15) is 0 Å². The summed E-state index contributed by atoms with van der Waals surface area (Å²) in [5.74, 6) is 0.747. The number of hydrogen-bond acceptors (Lipinski definition) is 4. The molecule has 0 aromatic heterocycles. The summed E-state index contributed by atoms with van der Waals surface area (Å²) in [6.45, 7) is 6.99. The Morgan fingerprint density at radius 2 is 2.35 bits per heavy atom. The second kappa shape index (κ2) is 7.84. The second-order valence-electron chi connectivity index (χ2n) is 4.96. The van der Waals surface area contributed by atoms with Gasteiger partial charge in [-0.05, 0) is 31.1 Å². The van der Waals surface area contributed by atoms with Crippen LogP contribution >= 0.6 is 11.6 Å². The van der Waals surface area contributed by atoms with Crippen molar-refractivity contribution >= 4 is 11.6 Å². The van der Waals surface area contributed by atoms with Crippen LogP contribution in [0.3, 0.4) is 0 Å². The molecule has 1 aliphatic heterocycles. The summed E-state index contributed by atoms with van der Waals surface area (Å²) in [6.07, 6.45) is 0.869. The summed E-state index contributed by atoms with van der Waals surface area (Å²) in [5.41, 5.74) is 6.68. The number of likely N-dealkylation sites (N-methyl/N-ethyl adjacent to an activating group) is 1. The molecule has 2 N–H and O–H groups in total. The summed E-state index contributed by atoms with van der Waals surface area (Å²) in [6, 6.07) is 5.78. The molecule has 0 aliphatic carbocycles. The average molecular weight is 299 g/mol. The predicted octanol–water partition coefficient (Wildman–Crippen LogP) is 1.94. The molecule has 0 saturated carbocycles. The first-order chi connectivity index (χ1) is 9.74. The van der Waals surface area contributed by atoms with Crippen molar-refractivity contribution in [3.05, 3.63) is 28.8 Å². The van der Waals surface area contributed by atoms with Gasteiger partial charge < -0.3 is 15.2 Å². The van der Waals surface area contributed by atoms with Crippen LogP contribution in [0.25, 0.3) is 0 Å². The lowest BCUT2D eigenvalue weighted by Crippen LogP contribution is -2.44. The van der Waals surface area contributed by atoms with Gasteiger partial charge >= 0.3 is 0 Å². The lowest BCUT2D eigenvalue weighted by atomic mass is 10.1. The zero-order valence-electron chi connectivity index (χ0n) is 12.0. The molecule has 5 heteroatoms. The average Bonchev–Trinajstić information content (AvgIpc) is 2.47. The molecule has 1 aromatic carbocycles. The minimum Gasteiger partial charge on any atom is -0.489 e. The Bertz CT molecular complexity index is 428. The Labute approximate surface area is 125 Å². The van der Waals surface area contributed by atoms with Crippen LogP contribution in [-0.2, 0) is 11.2 Å². The molecule has 1 unspecified atom stereocenters. The van der Waals surface area contributed by atoms with Crippen molar-refractivity contribution in [2.45, 2.75) is 19.4 Å². The van der Waals surface area contributed by atoms with Crippen molar-refractivity contribution in [3.63, 3.8) is 0 Å². The second-order valence-corrected chi connectivity index (χ2v) is 5.37. The summed E-state index contributed by atoms with van der Waals surface area (Å²) < 4.78 is 11.7. The van der Waals surface area contributed by atoms with E-state index in [1.54, 1.807) is 0 Å². The number of nitrogens with zero attached hydrogens (tertiary/aromatic N) is 1. The Morgan fingerprint density at radius 1 is 1.50 bits per heavy atom. The molecule has 0 radical (unpaired) electrons. The van der Waals surface area contributed by atoms with Gasteiger partial charge in [0.25, 0.3) is 0 Å². The van der Waals surface area contributed by atoms with Crippen molar-refractivity contribution < 1.29 is 9.47 Å². The van der Waals surface area contributed by atoms with Gasteiger partial charge in [0.1, 0.15) is 18.5 Å². The van der Waals surface area contributed by atoms with E-state index in [0.717, 1.165) is 44.0 Å². The van der Waals surface area contributed by atoms with E-state index in [0.29, 0.717) is 18.2 Å². The normalized spacial score (nSPS) is 20.1. The van der Waals surface area contributed by atoms with Crippen molar-refractivity contribution in [1.82, 2.24) is 4.90 Å². The number of halogens is 1. The van der Waals surface area contributed by atoms with Gasteiger partial charge in [-0.15, -0.1) is 0 Å². The van der Waals surface area contributed by atoms with Crippen LogP contribution in [0, 0.1) is 0 Å². The highest BCUT2D eigenvalue weighted by Gasteiger charge is 2.20. The van der Waals surface area contributed by atoms with Crippen LogP contribution in [-0.4, -0.2) is 50.4 Å². The molecule has 1 saturated heterocycles. The van der Waals surface area contributed by atoms with Crippen LogP contribution in [0.2, 0.25) is 5.02 Å². The zero-order valence-corrected chi connectivity index (χ0v) is 12.7. The van der Waals surface area contributed by atoms with Gasteiger partial charge in [0, 0.05) is 13.1 Å². The predicted molar refractivity (Wildman–Crippen MR) is 81.6 cm³/mol. The molecule has 1 fully saturated rings.